The fraction of sp³-hybridized carbons (Fsp3) is 0.261. The van der Waals surface area contributed by atoms with E-state index in [-0.39, 0.29) is 0 Å². The normalized spacial score (nSPS) is 12.0. The van der Waals surface area contributed by atoms with Gasteiger partial charge in [-0.3, -0.25) is 0 Å². The number of hydrogen-bond acceptors (Lipinski definition) is 3. The molecule has 0 atom stereocenters. The predicted molar refractivity (Wildman–Crippen MR) is 114 cm³/mol. The van der Waals surface area contributed by atoms with Crippen LogP contribution < -0.4 is 0 Å². The van der Waals surface area contributed by atoms with Gasteiger partial charge >= 0.3 is 0 Å². The zero-order chi connectivity index (χ0) is 19.3. The molecule has 0 aliphatic carbocycles. The van der Waals surface area contributed by atoms with E-state index in [2.05, 4.69) is 36.4 Å². The zero-order valence-corrected chi connectivity index (χ0v) is 16.4. The Morgan fingerprint density at radius 3 is 2.29 bits per heavy atom. The van der Waals surface area contributed by atoms with Crippen LogP contribution in [0.4, 0.5) is 0 Å². The standard InChI is InChI=1S/C23H23N5/c1-14(2)12-13-28-15(3)20(22-25-17-9-5-6-10-18(17)26-22)21-23(28)27-19-11-7-4-8-16(19)24-21/h4-11,14H,12-13H2,1-3H3,(H,25,26). The van der Waals surface area contributed by atoms with Crippen LogP contribution in [0.25, 0.3) is 44.6 Å². The van der Waals surface area contributed by atoms with Gasteiger partial charge in [0.2, 0.25) is 0 Å². The first-order valence-electron chi connectivity index (χ1n) is 9.82. The Kier molecular flexibility index (Phi) is 3.90. The highest BCUT2D eigenvalue weighted by molar-refractivity contribution is 5.97. The molecule has 1 N–H and O–H groups in total. The molecule has 0 bridgehead atoms. The second kappa shape index (κ2) is 6.44. The van der Waals surface area contributed by atoms with E-state index in [1.807, 2.05) is 42.5 Å². The molecule has 0 fully saturated rings. The second-order valence-corrected chi connectivity index (χ2v) is 7.78. The summed E-state index contributed by atoms with van der Waals surface area (Å²) in [5.74, 6) is 1.48. The third kappa shape index (κ3) is 2.66. The number of fused-ring (bicyclic) bond motifs is 3. The summed E-state index contributed by atoms with van der Waals surface area (Å²) in [7, 11) is 0. The number of benzene rings is 2. The van der Waals surface area contributed by atoms with Crippen LogP contribution in [0.5, 0.6) is 0 Å². The third-order valence-electron chi connectivity index (χ3n) is 5.37. The van der Waals surface area contributed by atoms with Crippen LogP contribution in [0.1, 0.15) is 26.0 Å². The average molecular weight is 369 g/mol. The second-order valence-electron chi connectivity index (χ2n) is 7.78. The molecular formula is C23H23N5. The first-order chi connectivity index (χ1) is 13.6. The highest BCUT2D eigenvalue weighted by Crippen LogP contribution is 2.33. The highest BCUT2D eigenvalue weighted by Gasteiger charge is 2.21. The fourth-order valence-corrected chi connectivity index (χ4v) is 3.83. The molecule has 5 heteroatoms. The number of para-hydroxylation sites is 4. The molecule has 0 saturated heterocycles. The quantitative estimate of drug-likeness (QED) is 0.456. The molecule has 5 nitrogen and oxygen atoms in total. The van der Waals surface area contributed by atoms with Crippen molar-refractivity contribution in [1.82, 2.24) is 24.5 Å². The summed E-state index contributed by atoms with van der Waals surface area (Å²) in [6.07, 6.45) is 1.10. The lowest BCUT2D eigenvalue weighted by Crippen LogP contribution is -2.04. The number of aromatic amines is 1. The first-order valence-corrected chi connectivity index (χ1v) is 9.82. The molecule has 0 aliphatic heterocycles. The predicted octanol–water partition coefficient (Wildman–Crippen LogP) is 5.48. The minimum absolute atomic E-state index is 0.625. The summed E-state index contributed by atoms with van der Waals surface area (Å²) in [5.41, 5.74) is 7.90. The lowest BCUT2D eigenvalue weighted by Gasteiger charge is -2.10. The summed E-state index contributed by atoms with van der Waals surface area (Å²) in [6, 6.07) is 16.2. The van der Waals surface area contributed by atoms with Crippen LogP contribution in [0.15, 0.2) is 48.5 Å². The minimum Gasteiger partial charge on any atom is -0.338 e. The van der Waals surface area contributed by atoms with E-state index < -0.39 is 0 Å². The van der Waals surface area contributed by atoms with Gasteiger partial charge in [-0.15, -0.1) is 0 Å². The van der Waals surface area contributed by atoms with Crippen LogP contribution in [-0.2, 0) is 6.54 Å². The van der Waals surface area contributed by atoms with E-state index in [0.717, 1.165) is 63.3 Å². The van der Waals surface area contributed by atoms with Crippen molar-refractivity contribution in [2.75, 3.05) is 0 Å². The molecule has 0 aliphatic rings. The van der Waals surface area contributed by atoms with Gasteiger partial charge in [-0.1, -0.05) is 38.1 Å². The summed E-state index contributed by atoms with van der Waals surface area (Å²) in [6.45, 7) is 7.58. The van der Waals surface area contributed by atoms with Gasteiger partial charge in [0.25, 0.3) is 0 Å². The van der Waals surface area contributed by atoms with Crippen molar-refractivity contribution >= 4 is 33.2 Å². The third-order valence-corrected chi connectivity index (χ3v) is 5.37. The SMILES string of the molecule is Cc1c(-c2nc3ccccc3[nH]2)c2nc3ccccc3nc2n1CCC(C)C. The van der Waals surface area contributed by atoms with Crippen molar-refractivity contribution in [1.29, 1.82) is 0 Å². The van der Waals surface area contributed by atoms with Gasteiger partial charge in [0.1, 0.15) is 11.3 Å². The monoisotopic (exact) mass is 369 g/mol. The molecule has 0 amide bonds. The Labute approximate surface area is 163 Å². The van der Waals surface area contributed by atoms with E-state index in [1.165, 1.54) is 0 Å². The van der Waals surface area contributed by atoms with Crippen LogP contribution >= 0.6 is 0 Å². The molecular weight excluding hydrogens is 346 g/mol. The number of nitrogens with zero attached hydrogens (tertiary/aromatic N) is 4. The summed E-state index contributed by atoms with van der Waals surface area (Å²) >= 11 is 0. The van der Waals surface area contributed by atoms with Crippen LogP contribution in [0.2, 0.25) is 0 Å². The Bertz CT molecular complexity index is 1280. The topological polar surface area (TPSA) is 59.4 Å². The molecule has 3 aromatic heterocycles. The summed E-state index contributed by atoms with van der Waals surface area (Å²) in [5, 5.41) is 0. The van der Waals surface area contributed by atoms with Crippen molar-refractivity contribution < 1.29 is 0 Å². The van der Waals surface area contributed by atoms with Gasteiger partial charge in [-0.05, 0) is 43.5 Å². The van der Waals surface area contributed by atoms with Gasteiger partial charge in [0.05, 0.1) is 27.6 Å². The summed E-state index contributed by atoms with van der Waals surface area (Å²) in [4.78, 5) is 18.3. The molecule has 3 heterocycles. The fourth-order valence-electron chi connectivity index (χ4n) is 3.83. The largest absolute Gasteiger partial charge is 0.338 e. The Morgan fingerprint density at radius 2 is 1.57 bits per heavy atom. The first kappa shape index (κ1) is 16.9. The lowest BCUT2D eigenvalue weighted by atomic mass is 10.1. The molecule has 0 saturated carbocycles. The van der Waals surface area contributed by atoms with Crippen molar-refractivity contribution in [2.45, 2.75) is 33.7 Å². The van der Waals surface area contributed by atoms with E-state index in [1.54, 1.807) is 0 Å². The van der Waals surface area contributed by atoms with Crippen LogP contribution in [0, 0.1) is 12.8 Å². The molecule has 2 aromatic carbocycles. The van der Waals surface area contributed by atoms with Gasteiger partial charge in [-0.2, -0.15) is 0 Å². The molecule has 140 valence electrons. The number of aromatic nitrogens is 5. The summed E-state index contributed by atoms with van der Waals surface area (Å²) < 4.78 is 2.30. The highest BCUT2D eigenvalue weighted by atomic mass is 15.1. The Hall–Kier alpha value is -3.21. The maximum absolute atomic E-state index is 4.99. The molecule has 5 rings (SSSR count). The van der Waals surface area contributed by atoms with Crippen molar-refractivity contribution in [3.05, 3.63) is 54.2 Å². The number of nitrogens with one attached hydrogen (secondary N) is 1. The zero-order valence-electron chi connectivity index (χ0n) is 16.4. The Balaban J connectivity index is 1.81. The van der Waals surface area contributed by atoms with Crippen LogP contribution in [0.3, 0.4) is 0 Å². The van der Waals surface area contributed by atoms with E-state index in [0.29, 0.717) is 5.92 Å². The van der Waals surface area contributed by atoms with Gasteiger partial charge in [-0.25, -0.2) is 15.0 Å². The van der Waals surface area contributed by atoms with Crippen molar-refractivity contribution in [3.63, 3.8) is 0 Å². The Morgan fingerprint density at radius 1 is 0.893 bits per heavy atom. The average Bonchev–Trinajstić information content (AvgIpc) is 3.22. The van der Waals surface area contributed by atoms with E-state index in [4.69, 9.17) is 15.0 Å². The smallest absolute Gasteiger partial charge is 0.160 e. The molecule has 5 aromatic rings. The molecule has 0 unspecified atom stereocenters. The molecule has 0 radical (unpaired) electrons. The number of hydrogen-bond donors (Lipinski definition) is 1. The number of rotatable bonds is 4. The van der Waals surface area contributed by atoms with E-state index in [9.17, 15) is 0 Å². The maximum atomic E-state index is 4.99. The van der Waals surface area contributed by atoms with E-state index >= 15 is 0 Å². The molecule has 0 spiro atoms. The minimum atomic E-state index is 0.625. The maximum Gasteiger partial charge on any atom is 0.160 e. The lowest BCUT2D eigenvalue weighted by molar-refractivity contribution is 0.518. The number of aryl methyl sites for hydroxylation is 1. The van der Waals surface area contributed by atoms with Crippen LogP contribution in [-0.4, -0.2) is 24.5 Å². The van der Waals surface area contributed by atoms with Crippen molar-refractivity contribution in [2.24, 2.45) is 5.92 Å². The number of H-pyrrole nitrogens is 1. The van der Waals surface area contributed by atoms with Gasteiger partial charge in [0.15, 0.2) is 5.65 Å². The van der Waals surface area contributed by atoms with Crippen molar-refractivity contribution in [3.8, 4) is 11.4 Å². The van der Waals surface area contributed by atoms with Gasteiger partial charge in [0, 0.05) is 12.2 Å². The number of imidazole rings is 1. The van der Waals surface area contributed by atoms with Gasteiger partial charge < -0.3 is 9.55 Å². The molecule has 28 heavy (non-hydrogen) atoms.